The number of carboxylic acids is 1. The number of rotatable bonds is 5. The number of benzene rings is 2. The van der Waals surface area contributed by atoms with Gasteiger partial charge < -0.3 is 9.84 Å². The van der Waals surface area contributed by atoms with E-state index in [1.807, 2.05) is 60.7 Å². The number of fused-ring (bicyclic) bond motifs is 1. The molecule has 6 nitrogen and oxygen atoms in total. The Kier molecular flexibility index (Phi) is 4.83. The number of ether oxygens (including phenoxy) is 1. The fourth-order valence-electron chi connectivity index (χ4n) is 3.98. The summed E-state index contributed by atoms with van der Waals surface area (Å²) >= 11 is 0. The van der Waals surface area contributed by atoms with Crippen molar-refractivity contribution in [2.45, 2.75) is 11.8 Å². The van der Waals surface area contributed by atoms with Crippen molar-refractivity contribution < 1.29 is 19.4 Å². The molecule has 3 aromatic rings. The van der Waals surface area contributed by atoms with Crippen LogP contribution in [0.4, 0.5) is 0 Å². The van der Waals surface area contributed by atoms with Crippen molar-refractivity contribution in [1.29, 1.82) is 0 Å². The first-order chi connectivity index (χ1) is 14.5. The van der Waals surface area contributed by atoms with E-state index in [1.54, 1.807) is 13.2 Å². The Bertz CT molecular complexity index is 1180. The molecule has 1 aromatic heterocycles. The van der Waals surface area contributed by atoms with E-state index in [4.69, 9.17) is 4.74 Å². The van der Waals surface area contributed by atoms with Gasteiger partial charge in [0.15, 0.2) is 5.69 Å². The van der Waals surface area contributed by atoms with Crippen molar-refractivity contribution >= 4 is 18.0 Å². The highest BCUT2D eigenvalue weighted by Crippen LogP contribution is 2.43. The molecule has 1 N–H and O–H groups in total. The predicted octanol–water partition coefficient (Wildman–Crippen LogP) is 3.97. The molecular formula is C24H20N2O4. The monoisotopic (exact) mass is 400 g/mol. The van der Waals surface area contributed by atoms with Crippen LogP contribution in [0.3, 0.4) is 0 Å². The SMILES string of the molecule is C=CC(=O)n1nc(C(=O)O)c2c1CC(c1ccccc1)(c1cccc(OC)c1)C=C2. The Morgan fingerprint density at radius 2 is 1.90 bits per heavy atom. The zero-order chi connectivity index (χ0) is 21.3. The molecule has 150 valence electrons. The van der Waals surface area contributed by atoms with Gasteiger partial charge in [0.2, 0.25) is 0 Å². The van der Waals surface area contributed by atoms with Crippen LogP contribution in [-0.4, -0.2) is 33.9 Å². The van der Waals surface area contributed by atoms with Crippen molar-refractivity contribution in [2.75, 3.05) is 7.11 Å². The van der Waals surface area contributed by atoms with E-state index in [0.29, 0.717) is 23.4 Å². The first-order valence-corrected chi connectivity index (χ1v) is 9.41. The minimum absolute atomic E-state index is 0.149. The van der Waals surface area contributed by atoms with Crippen LogP contribution in [0.25, 0.3) is 6.08 Å². The molecule has 0 aliphatic heterocycles. The third kappa shape index (κ3) is 3.03. The van der Waals surface area contributed by atoms with Crippen molar-refractivity contribution in [3.05, 3.63) is 101 Å². The summed E-state index contributed by atoms with van der Waals surface area (Å²) in [6.45, 7) is 3.52. The highest BCUT2D eigenvalue weighted by Gasteiger charge is 2.39. The molecule has 1 heterocycles. The number of carboxylic acid groups (broad SMARTS) is 1. The van der Waals surface area contributed by atoms with Gasteiger partial charge in [-0.15, -0.1) is 0 Å². The summed E-state index contributed by atoms with van der Waals surface area (Å²) in [5.41, 5.74) is 2.17. The van der Waals surface area contributed by atoms with Crippen LogP contribution in [-0.2, 0) is 11.8 Å². The van der Waals surface area contributed by atoms with Crippen LogP contribution >= 0.6 is 0 Å². The number of aromatic carboxylic acids is 1. The van der Waals surface area contributed by atoms with Crippen LogP contribution in [0.5, 0.6) is 5.75 Å². The second-order valence-electron chi connectivity index (χ2n) is 7.05. The van der Waals surface area contributed by atoms with E-state index in [0.717, 1.165) is 21.9 Å². The summed E-state index contributed by atoms with van der Waals surface area (Å²) in [6, 6.07) is 17.6. The lowest BCUT2D eigenvalue weighted by Gasteiger charge is -2.35. The molecule has 1 aliphatic carbocycles. The number of hydrogen-bond donors (Lipinski definition) is 1. The minimum Gasteiger partial charge on any atom is -0.497 e. The zero-order valence-corrected chi connectivity index (χ0v) is 16.4. The zero-order valence-electron chi connectivity index (χ0n) is 16.4. The maximum absolute atomic E-state index is 12.5. The van der Waals surface area contributed by atoms with Crippen LogP contribution in [0.15, 0.2) is 73.3 Å². The van der Waals surface area contributed by atoms with E-state index in [1.165, 1.54) is 0 Å². The Balaban J connectivity index is 1.98. The van der Waals surface area contributed by atoms with E-state index < -0.39 is 17.3 Å². The first kappa shape index (κ1) is 19.4. The highest BCUT2D eigenvalue weighted by atomic mass is 16.5. The summed E-state index contributed by atoms with van der Waals surface area (Å²) in [7, 11) is 1.61. The molecule has 1 unspecified atom stereocenters. The molecule has 0 spiro atoms. The topological polar surface area (TPSA) is 81.4 Å². The van der Waals surface area contributed by atoms with Crippen molar-refractivity contribution in [3.8, 4) is 5.75 Å². The van der Waals surface area contributed by atoms with Crippen LogP contribution in [0.1, 0.15) is 37.7 Å². The fourth-order valence-corrected chi connectivity index (χ4v) is 3.98. The van der Waals surface area contributed by atoms with E-state index >= 15 is 0 Å². The molecule has 0 radical (unpaired) electrons. The Hall–Kier alpha value is -3.93. The summed E-state index contributed by atoms with van der Waals surface area (Å²) in [5.74, 6) is -0.939. The number of aromatic nitrogens is 2. The predicted molar refractivity (Wildman–Crippen MR) is 113 cm³/mol. The van der Waals surface area contributed by atoms with Gasteiger partial charge in [0.1, 0.15) is 5.75 Å². The van der Waals surface area contributed by atoms with Crippen molar-refractivity contribution in [3.63, 3.8) is 0 Å². The summed E-state index contributed by atoms with van der Waals surface area (Å²) in [4.78, 5) is 24.2. The molecular weight excluding hydrogens is 380 g/mol. The molecule has 0 saturated carbocycles. The van der Waals surface area contributed by atoms with Gasteiger partial charge in [0.25, 0.3) is 5.91 Å². The van der Waals surface area contributed by atoms with Crippen LogP contribution in [0.2, 0.25) is 0 Å². The quantitative estimate of drug-likeness (QED) is 0.656. The van der Waals surface area contributed by atoms with Crippen LogP contribution < -0.4 is 4.74 Å². The number of allylic oxidation sites excluding steroid dienone is 2. The van der Waals surface area contributed by atoms with E-state index in [-0.39, 0.29) is 5.69 Å². The summed E-state index contributed by atoms with van der Waals surface area (Å²) in [5, 5.41) is 13.6. The maximum Gasteiger partial charge on any atom is 0.357 e. The van der Waals surface area contributed by atoms with Gasteiger partial charge in [-0.2, -0.15) is 9.78 Å². The molecule has 4 rings (SSSR count). The summed E-state index contributed by atoms with van der Waals surface area (Å²) in [6.07, 6.45) is 5.22. The normalized spacial score (nSPS) is 17.2. The van der Waals surface area contributed by atoms with Gasteiger partial charge in [0, 0.05) is 17.4 Å². The van der Waals surface area contributed by atoms with Gasteiger partial charge in [-0.05, 0) is 29.3 Å². The minimum atomic E-state index is -1.18. The number of hydrogen-bond acceptors (Lipinski definition) is 4. The lowest BCUT2D eigenvalue weighted by atomic mass is 9.68. The lowest BCUT2D eigenvalue weighted by molar-refractivity contribution is 0.0689. The molecule has 0 bridgehead atoms. The fraction of sp³-hybridized carbons (Fsp3) is 0.125. The second-order valence-corrected chi connectivity index (χ2v) is 7.05. The standard InChI is InChI=1S/C24H20N2O4/c1-3-21(27)26-20-15-24(16-8-5-4-6-9-16,17-10-7-11-18(14-17)30-2)13-12-19(20)22(25-26)23(28)29/h3-14H,1,15H2,2H3,(H,28,29). The van der Waals surface area contributed by atoms with Gasteiger partial charge in [0.05, 0.1) is 12.8 Å². The number of carbonyl (C=O) groups is 2. The average molecular weight is 400 g/mol. The smallest absolute Gasteiger partial charge is 0.357 e. The van der Waals surface area contributed by atoms with Crippen molar-refractivity contribution in [1.82, 2.24) is 9.78 Å². The number of carbonyl (C=O) groups excluding carboxylic acids is 1. The Morgan fingerprint density at radius 3 is 2.57 bits per heavy atom. The van der Waals surface area contributed by atoms with E-state index in [2.05, 4.69) is 11.7 Å². The average Bonchev–Trinajstić information content (AvgIpc) is 3.18. The highest BCUT2D eigenvalue weighted by molar-refractivity contribution is 5.95. The third-order valence-electron chi connectivity index (χ3n) is 5.46. The molecule has 0 fully saturated rings. The Labute approximate surface area is 173 Å². The van der Waals surface area contributed by atoms with E-state index in [9.17, 15) is 14.7 Å². The second kappa shape index (κ2) is 7.48. The maximum atomic E-state index is 12.5. The van der Waals surface area contributed by atoms with Gasteiger partial charge in [-0.1, -0.05) is 61.2 Å². The van der Waals surface area contributed by atoms with Gasteiger partial charge in [-0.3, -0.25) is 4.79 Å². The van der Waals surface area contributed by atoms with Crippen LogP contribution in [0, 0.1) is 0 Å². The van der Waals surface area contributed by atoms with Gasteiger partial charge >= 0.3 is 5.97 Å². The molecule has 1 aliphatic rings. The number of methoxy groups -OCH3 is 1. The molecule has 30 heavy (non-hydrogen) atoms. The molecule has 2 aromatic carbocycles. The summed E-state index contributed by atoms with van der Waals surface area (Å²) < 4.78 is 6.57. The largest absolute Gasteiger partial charge is 0.497 e. The lowest BCUT2D eigenvalue weighted by Crippen LogP contribution is -2.32. The number of nitrogens with zero attached hydrogens (tertiary/aromatic N) is 2. The molecule has 0 saturated heterocycles. The third-order valence-corrected chi connectivity index (χ3v) is 5.46. The van der Waals surface area contributed by atoms with Crippen molar-refractivity contribution in [2.24, 2.45) is 0 Å². The molecule has 6 heteroatoms. The molecule has 0 amide bonds. The Morgan fingerprint density at radius 1 is 1.17 bits per heavy atom. The van der Waals surface area contributed by atoms with Gasteiger partial charge in [-0.25, -0.2) is 4.79 Å². The first-order valence-electron chi connectivity index (χ1n) is 9.41. The molecule has 1 atom stereocenters.